The van der Waals surface area contributed by atoms with E-state index in [-0.39, 0.29) is 17.9 Å². The fraction of sp³-hybridized carbons (Fsp3) is 0.346. The monoisotopic (exact) mass is 462 g/mol. The number of amides is 2. The van der Waals surface area contributed by atoms with Gasteiger partial charge in [-0.15, -0.1) is 11.3 Å². The zero-order valence-corrected chi connectivity index (χ0v) is 19.9. The largest absolute Gasteiger partial charge is 0.339 e. The summed E-state index contributed by atoms with van der Waals surface area (Å²) in [6, 6.07) is 16.1. The highest BCUT2D eigenvalue weighted by Gasteiger charge is 2.33. The average Bonchev–Trinajstić information content (AvgIpc) is 3.53. The molecule has 4 rings (SSSR count). The van der Waals surface area contributed by atoms with Crippen molar-refractivity contribution < 1.29 is 9.59 Å². The number of thiophene rings is 1. The first-order valence-electron chi connectivity index (χ1n) is 11.3. The van der Waals surface area contributed by atoms with Gasteiger partial charge in [0.25, 0.3) is 5.91 Å². The maximum atomic E-state index is 13.2. The molecule has 0 unspecified atom stereocenters. The number of carbonyl (C=O) groups is 2. The lowest BCUT2D eigenvalue weighted by Gasteiger charge is -2.39. The maximum absolute atomic E-state index is 13.2. The molecule has 1 atom stereocenters. The molecule has 3 heterocycles. The normalized spacial score (nSPS) is 15.6. The molecule has 0 radical (unpaired) electrons. The van der Waals surface area contributed by atoms with Gasteiger partial charge in [-0.1, -0.05) is 36.4 Å². The molecule has 1 aromatic carbocycles. The van der Waals surface area contributed by atoms with E-state index in [9.17, 15) is 9.59 Å². The highest BCUT2D eigenvalue weighted by molar-refractivity contribution is 7.10. The summed E-state index contributed by atoms with van der Waals surface area (Å²) in [5.74, 6) is 0.307. The Balaban J connectivity index is 1.44. The highest BCUT2D eigenvalue weighted by atomic mass is 32.1. The number of nitrogens with zero attached hydrogens (tertiary/aromatic N) is 4. The van der Waals surface area contributed by atoms with Crippen molar-refractivity contribution in [1.29, 1.82) is 0 Å². The van der Waals surface area contributed by atoms with Crippen molar-refractivity contribution in [2.75, 3.05) is 20.1 Å². The molecular weight excluding hydrogens is 432 g/mol. The summed E-state index contributed by atoms with van der Waals surface area (Å²) in [7, 11) is 3.70. The average molecular weight is 463 g/mol. The van der Waals surface area contributed by atoms with Gasteiger partial charge in [0.1, 0.15) is 5.69 Å². The van der Waals surface area contributed by atoms with Gasteiger partial charge in [0.15, 0.2) is 0 Å². The third-order valence-corrected chi connectivity index (χ3v) is 7.20. The van der Waals surface area contributed by atoms with Crippen LogP contribution in [0.15, 0.2) is 66.2 Å². The van der Waals surface area contributed by atoms with E-state index in [1.165, 1.54) is 5.56 Å². The third kappa shape index (κ3) is 5.79. The zero-order chi connectivity index (χ0) is 23.2. The Kier molecular flexibility index (Phi) is 7.40. The smallest absolute Gasteiger partial charge is 0.274 e. The van der Waals surface area contributed by atoms with Crippen LogP contribution >= 0.6 is 11.3 Å². The second kappa shape index (κ2) is 10.6. The minimum Gasteiger partial charge on any atom is -0.339 e. The molecule has 1 aliphatic rings. The Morgan fingerprint density at radius 2 is 1.91 bits per heavy atom. The SMILES string of the molecule is CN(C(=O)c1ccn(C)n1)[C@H](Cc1ccccc1)C1CCN(C(=O)/C=C/c2cccs2)CC1. The topological polar surface area (TPSA) is 58.4 Å². The molecule has 172 valence electrons. The second-order valence-corrected chi connectivity index (χ2v) is 9.54. The summed E-state index contributed by atoms with van der Waals surface area (Å²) in [5.41, 5.74) is 1.67. The number of carbonyl (C=O) groups excluding carboxylic acids is 2. The third-order valence-electron chi connectivity index (χ3n) is 6.37. The second-order valence-electron chi connectivity index (χ2n) is 8.56. The molecule has 7 heteroatoms. The first kappa shape index (κ1) is 23.0. The summed E-state index contributed by atoms with van der Waals surface area (Å²) in [5, 5.41) is 6.31. The highest BCUT2D eigenvalue weighted by Crippen LogP contribution is 2.27. The van der Waals surface area contributed by atoms with Gasteiger partial charge in [-0.05, 0) is 54.3 Å². The Bertz CT molecular complexity index is 1080. The molecule has 1 aliphatic heterocycles. The zero-order valence-electron chi connectivity index (χ0n) is 19.1. The number of hydrogen-bond acceptors (Lipinski definition) is 4. The first-order chi connectivity index (χ1) is 16.0. The summed E-state index contributed by atoms with van der Waals surface area (Å²) in [4.78, 5) is 30.7. The first-order valence-corrected chi connectivity index (χ1v) is 12.2. The molecule has 0 bridgehead atoms. The van der Waals surface area contributed by atoms with Crippen LogP contribution in [0.2, 0.25) is 0 Å². The lowest BCUT2D eigenvalue weighted by molar-refractivity contribution is -0.127. The number of likely N-dealkylation sites (N-methyl/N-ethyl adjacent to an activating group) is 1. The summed E-state index contributed by atoms with van der Waals surface area (Å²) in [6.07, 6.45) is 7.88. The number of piperidine rings is 1. The number of likely N-dealkylation sites (tertiary alicyclic amines) is 1. The maximum Gasteiger partial charge on any atom is 0.274 e. The minimum atomic E-state index is -0.0612. The Labute approximate surface area is 199 Å². The van der Waals surface area contributed by atoms with Crippen molar-refractivity contribution in [2.24, 2.45) is 13.0 Å². The van der Waals surface area contributed by atoms with Gasteiger partial charge in [-0.2, -0.15) is 5.10 Å². The number of hydrogen-bond donors (Lipinski definition) is 0. The Morgan fingerprint density at radius 1 is 1.15 bits per heavy atom. The molecule has 0 aliphatic carbocycles. The van der Waals surface area contributed by atoms with Crippen molar-refractivity contribution in [1.82, 2.24) is 19.6 Å². The van der Waals surface area contributed by atoms with Crippen LogP contribution in [0.5, 0.6) is 0 Å². The minimum absolute atomic E-state index is 0.0424. The van der Waals surface area contributed by atoms with Gasteiger partial charge in [0.05, 0.1) is 0 Å². The molecule has 0 spiro atoms. The van der Waals surface area contributed by atoms with E-state index in [0.29, 0.717) is 24.7 Å². The fourth-order valence-corrected chi connectivity index (χ4v) is 5.10. The van der Waals surface area contributed by atoms with Gasteiger partial charge in [0.2, 0.25) is 5.91 Å². The van der Waals surface area contributed by atoms with Crippen LogP contribution in [-0.4, -0.2) is 57.6 Å². The lowest BCUT2D eigenvalue weighted by Crippen LogP contribution is -2.48. The van der Waals surface area contributed by atoms with Crippen LogP contribution in [0.25, 0.3) is 6.08 Å². The number of rotatable bonds is 7. The van der Waals surface area contributed by atoms with Gasteiger partial charge in [-0.3, -0.25) is 14.3 Å². The van der Waals surface area contributed by atoms with E-state index in [1.807, 2.05) is 65.7 Å². The molecule has 2 amide bonds. The molecule has 0 N–H and O–H groups in total. The summed E-state index contributed by atoms with van der Waals surface area (Å²) in [6.45, 7) is 1.41. The van der Waals surface area contributed by atoms with Crippen LogP contribution in [0.1, 0.15) is 33.8 Å². The quantitative estimate of drug-likeness (QED) is 0.497. The van der Waals surface area contributed by atoms with E-state index in [0.717, 1.165) is 24.1 Å². The molecule has 3 aromatic rings. The van der Waals surface area contributed by atoms with Gasteiger partial charge >= 0.3 is 0 Å². The van der Waals surface area contributed by atoms with Gasteiger partial charge < -0.3 is 9.80 Å². The molecule has 6 nitrogen and oxygen atoms in total. The molecule has 0 saturated carbocycles. The van der Waals surface area contributed by atoms with Crippen LogP contribution < -0.4 is 0 Å². The van der Waals surface area contributed by atoms with E-state index in [1.54, 1.807) is 34.4 Å². The summed E-state index contributed by atoms with van der Waals surface area (Å²) >= 11 is 1.62. The molecular formula is C26H30N4O2S. The number of aryl methyl sites for hydroxylation is 1. The van der Waals surface area contributed by atoms with E-state index in [2.05, 4.69) is 17.2 Å². The predicted octanol–water partition coefficient (Wildman–Crippen LogP) is 4.12. The molecule has 1 saturated heterocycles. The van der Waals surface area contributed by atoms with Crippen LogP contribution in [-0.2, 0) is 18.3 Å². The van der Waals surface area contributed by atoms with Gasteiger partial charge in [-0.25, -0.2) is 0 Å². The van der Waals surface area contributed by atoms with Gasteiger partial charge in [0, 0.05) is 50.4 Å². The Hall–Kier alpha value is -3.19. The standard InChI is InChI=1S/C26H30N4O2S/c1-28-15-14-23(27-28)26(32)29(2)24(19-20-7-4-3-5-8-20)21-12-16-30(17-13-21)25(31)11-10-22-9-6-18-33-22/h3-11,14-15,18,21,24H,12-13,16-17,19H2,1-2H3/b11-10+/t24-/m1/s1. The van der Waals surface area contributed by atoms with Crippen LogP contribution in [0.4, 0.5) is 0 Å². The lowest BCUT2D eigenvalue weighted by atomic mass is 9.84. The van der Waals surface area contributed by atoms with E-state index < -0.39 is 0 Å². The van der Waals surface area contributed by atoms with E-state index >= 15 is 0 Å². The van der Waals surface area contributed by atoms with Crippen molar-refractivity contribution >= 4 is 29.2 Å². The van der Waals surface area contributed by atoms with Crippen molar-refractivity contribution in [2.45, 2.75) is 25.3 Å². The molecule has 33 heavy (non-hydrogen) atoms. The predicted molar refractivity (Wildman–Crippen MR) is 132 cm³/mol. The van der Waals surface area contributed by atoms with Crippen LogP contribution in [0.3, 0.4) is 0 Å². The van der Waals surface area contributed by atoms with Crippen molar-refractivity contribution in [3.8, 4) is 0 Å². The molecule has 2 aromatic heterocycles. The number of benzene rings is 1. The van der Waals surface area contributed by atoms with Crippen molar-refractivity contribution in [3.63, 3.8) is 0 Å². The summed E-state index contributed by atoms with van der Waals surface area (Å²) < 4.78 is 1.65. The Morgan fingerprint density at radius 3 is 2.55 bits per heavy atom. The molecule has 1 fully saturated rings. The van der Waals surface area contributed by atoms with E-state index in [4.69, 9.17) is 0 Å². The van der Waals surface area contributed by atoms with Crippen LogP contribution in [0, 0.1) is 5.92 Å². The fourth-order valence-electron chi connectivity index (χ4n) is 4.49. The van der Waals surface area contributed by atoms with Crippen molar-refractivity contribution in [3.05, 3.63) is 82.3 Å². The number of aromatic nitrogens is 2.